The van der Waals surface area contributed by atoms with Gasteiger partial charge in [0.2, 0.25) is 5.88 Å². The second-order valence-electron chi connectivity index (χ2n) is 10.3. The molecular weight excluding hydrogens is 588 g/mol. The maximum absolute atomic E-state index is 13.2. The number of piperidine rings is 1. The van der Waals surface area contributed by atoms with Gasteiger partial charge in [-0.1, -0.05) is 23.7 Å². The molecule has 1 saturated heterocycles. The van der Waals surface area contributed by atoms with Gasteiger partial charge in [0.15, 0.2) is 5.60 Å². The summed E-state index contributed by atoms with van der Waals surface area (Å²) >= 11 is 6.88. The van der Waals surface area contributed by atoms with E-state index < -0.39 is 29.6 Å². The van der Waals surface area contributed by atoms with Crippen LogP contribution in [0.5, 0.6) is 5.88 Å². The highest BCUT2D eigenvalue weighted by Crippen LogP contribution is 2.41. The Labute approximate surface area is 241 Å². The van der Waals surface area contributed by atoms with Crippen molar-refractivity contribution in [3.63, 3.8) is 0 Å². The van der Waals surface area contributed by atoms with Crippen LogP contribution >= 0.6 is 11.6 Å². The van der Waals surface area contributed by atoms with Crippen LogP contribution < -0.4 is 4.74 Å². The zero-order chi connectivity index (χ0) is 30.4. The number of aliphatic hydroxyl groups is 1. The number of imidazole rings is 1. The van der Waals surface area contributed by atoms with Gasteiger partial charge in [-0.05, 0) is 49.7 Å². The smallest absolute Gasteiger partial charge is 0.433 e. The van der Waals surface area contributed by atoms with Crippen LogP contribution in [0.2, 0.25) is 5.02 Å². The highest BCUT2D eigenvalue weighted by Gasteiger charge is 2.42. The number of pyridine rings is 2. The molecule has 0 amide bonds. The molecule has 14 heteroatoms. The fraction of sp³-hybridized carbons (Fsp3) is 0.393. The molecule has 1 unspecified atom stereocenters. The third-order valence-electron chi connectivity index (χ3n) is 7.68. The average Bonchev–Trinajstić information content (AvgIpc) is 3.39. The Kier molecular flexibility index (Phi) is 7.88. The molecule has 0 bridgehead atoms. The van der Waals surface area contributed by atoms with Crippen LogP contribution in [0.4, 0.5) is 26.3 Å². The lowest BCUT2D eigenvalue weighted by molar-refractivity contribution is -0.185. The summed E-state index contributed by atoms with van der Waals surface area (Å²) in [7, 11) is 3.04. The Morgan fingerprint density at radius 1 is 1.02 bits per heavy atom. The lowest BCUT2D eigenvalue weighted by Gasteiger charge is -2.33. The molecule has 1 aliphatic rings. The Bertz CT molecular complexity index is 1580. The molecule has 4 aromatic rings. The Hall–Kier alpha value is -3.42. The van der Waals surface area contributed by atoms with Gasteiger partial charge in [0.05, 0.1) is 41.8 Å². The average molecular weight is 614 g/mol. The van der Waals surface area contributed by atoms with Gasteiger partial charge in [-0.2, -0.15) is 26.3 Å². The van der Waals surface area contributed by atoms with E-state index in [1.165, 1.54) is 24.2 Å². The lowest BCUT2D eigenvalue weighted by atomic mass is 9.83. The van der Waals surface area contributed by atoms with Gasteiger partial charge in [-0.25, -0.2) is 9.97 Å². The topological polar surface area (TPSA) is 76.3 Å². The van der Waals surface area contributed by atoms with Gasteiger partial charge in [0, 0.05) is 36.3 Å². The molecule has 0 spiro atoms. The highest BCUT2D eigenvalue weighted by molar-refractivity contribution is 6.36. The van der Waals surface area contributed by atoms with Crippen molar-refractivity contribution in [1.29, 1.82) is 0 Å². The second kappa shape index (κ2) is 11.0. The van der Waals surface area contributed by atoms with Crippen molar-refractivity contribution in [2.45, 2.75) is 37.3 Å². The van der Waals surface area contributed by atoms with Crippen molar-refractivity contribution >= 4 is 22.5 Å². The first kappa shape index (κ1) is 30.1. The van der Waals surface area contributed by atoms with Crippen molar-refractivity contribution in [1.82, 2.24) is 24.4 Å². The number of nitrogens with zero attached hydrogens (tertiary/aromatic N) is 5. The van der Waals surface area contributed by atoms with Gasteiger partial charge >= 0.3 is 12.4 Å². The minimum Gasteiger partial charge on any atom is -0.481 e. The first-order chi connectivity index (χ1) is 19.7. The van der Waals surface area contributed by atoms with Gasteiger partial charge in [0.1, 0.15) is 5.69 Å². The van der Waals surface area contributed by atoms with Crippen LogP contribution in [-0.4, -0.2) is 55.9 Å². The summed E-state index contributed by atoms with van der Waals surface area (Å²) in [6.45, 7) is 0.611. The Balaban J connectivity index is 1.58. The van der Waals surface area contributed by atoms with Crippen LogP contribution in [-0.2, 0) is 25.4 Å². The first-order valence-electron chi connectivity index (χ1n) is 12.9. The van der Waals surface area contributed by atoms with Crippen molar-refractivity contribution in [3.8, 4) is 5.88 Å². The number of hydrogen-bond donors (Lipinski definition) is 1. The Morgan fingerprint density at radius 3 is 2.26 bits per heavy atom. The van der Waals surface area contributed by atoms with E-state index in [0.717, 1.165) is 18.3 Å². The van der Waals surface area contributed by atoms with E-state index in [9.17, 15) is 31.4 Å². The molecule has 4 heterocycles. The second-order valence-corrected chi connectivity index (χ2v) is 10.6. The molecular formula is C28H26ClF6N5O2. The number of likely N-dealkylation sites (tertiary alicyclic amines) is 1. The van der Waals surface area contributed by atoms with E-state index in [2.05, 4.69) is 15.0 Å². The quantitative estimate of drug-likeness (QED) is 0.265. The lowest BCUT2D eigenvalue weighted by Crippen LogP contribution is -2.38. The molecule has 1 aliphatic heterocycles. The number of rotatable bonds is 6. The van der Waals surface area contributed by atoms with Crippen molar-refractivity contribution in [2.24, 2.45) is 13.0 Å². The van der Waals surface area contributed by atoms with Gasteiger partial charge < -0.3 is 14.4 Å². The van der Waals surface area contributed by atoms with Crippen LogP contribution in [0.25, 0.3) is 10.9 Å². The monoisotopic (exact) mass is 613 g/mol. The van der Waals surface area contributed by atoms with Crippen LogP contribution in [0, 0.1) is 5.92 Å². The number of methoxy groups -OCH3 is 1. The molecule has 1 fully saturated rings. The largest absolute Gasteiger partial charge is 0.481 e. The SMILES string of the molecule is COc1nc2ccc(C(O)(c3ccc(C(F)(F)F)nc3)c3cncn3C)cc2c(Cl)c1CN1CCC(C(F)(F)F)CC1. The number of halogens is 7. The number of aromatic nitrogens is 4. The minimum absolute atomic E-state index is 0.0342. The van der Waals surface area contributed by atoms with Crippen molar-refractivity contribution in [3.05, 3.63) is 82.2 Å². The molecule has 0 saturated carbocycles. The van der Waals surface area contributed by atoms with Crippen LogP contribution in [0.3, 0.4) is 0 Å². The van der Waals surface area contributed by atoms with Gasteiger partial charge in [-0.15, -0.1) is 0 Å². The first-order valence-corrected chi connectivity index (χ1v) is 13.3. The molecule has 224 valence electrons. The molecule has 1 aromatic carbocycles. The zero-order valence-electron chi connectivity index (χ0n) is 22.5. The van der Waals surface area contributed by atoms with Gasteiger partial charge in [-0.3, -0.25) is 9.88 Å². The number of fused-ring (bicyclic) bond motifs is 1. The molecule has 0 radical (unpaired) electrons. The standard InChI is InChI=1S/C28H26ClF6N5O2/c1-39-15-36-13-23(39)26(41,18-4-6-22(37-12-18)28(33,34)35)17-3-5-21-19(11-17)24(29)20(25(38-21)42-2)14-40-9-7-16(8-10-40)27(30,31)32/h3-6,11-13,15-16,41H,7-10,14H2,1-2H3. The fourth-order valence-electron chi connectivity index (χ4n) is 5.36. The Morgan fingerprint density at radius 2 is 1.71 bits per heavy atom. The highest BCUT2D eigenvalue weighted by atomic mass is 35.5. The summed E-state index contributed by atoms with van der Waals surface area (Å²) in [6.07, 6.45) is -5.17. The fourth-order valence-corrected chi connectivity index (χ4v) is 5.65. The normalized spacial score (nSPS) is 17.0. The third kappa shape index (κ3) is 5.52. The van der Waals surface area contributed by atoms with E-state index in [1.54, 1.807) is 25.2 Å². The van der Waals surface area contributed by atoms with Gasteiger partial charge in [0.25, 0.3) is 0 Å². The van der Waals surface area contributed by atoms with Crippen molar-refractivity contribution in [2.75, 3.05) is 20.2 Å². The summed E-state index contributed by atoms with van der Waals surface area (Å²) in [5, 5.41) is 12.8. The molecule has 42 heavy (non-hydrogen) atoms. The molecule has 5 rings (SSSR count). The number of aryl methyl sites for hydroxylation is 1. The minimum atomic E-state index is -4.66. The summed E-state index contributed by atoms with van der Waals surface area (Å²) in [5.41, 5.74) is -1.64. The summed E-state index contributed by atoms with van der Waals surface area (Å²) < 4.78 is 86.1. The molecule has 3 aromatic heterocycles. The molecule has 1 atom stereocenters. The third-order valence-corrected chi connectivity index (χ3v) is 8.11. The molecule has 0 aliphatic carbocycles. The predicted octanol–water partition coefficient (Wildman–Crippen LogP) is 6.10. The number of hydrogen-bond acceptors (Lipinski definition) is 6. The number of benzene rings is 1. The van der Waals surface area contributed by atoms with Crippen LogP contribution in [0.1, 0.15) is 40.9 Å². The van der Waals surface area contributed by atoms with E-state index in [0.29, 0.717) is 16.5 Å². The van der Waals surface area contributed by atoms with E-state index in [4.69, 9.17) is 16.3 Å². The predicted molar refractivity (Wildman–Crippen MR) is 142 cm³/mol. The number of alkyl halides is 6. The number of ether oxygens (including phenoxy) is 1. The maximum atomic E-state index is 13.2. The summed E-state index contributed by atoms with van der Waals surface area (Å²) in [4.78, 5) is 14.0. The van der Waals surface area contributed by atoms with Crippen LogP contribution in [0.15, 0.2) is 49.1 Å². The summed E-state index contributed by atoms with van der Waals surface area (Å²) in [5.74, 6) is -1.14. The van der Waals surface area contributed by atoms with Crippen molar-refractivity contribution < 1.29 is 36.2 Å². The van der Waals surface area contributed by atoms with E-state index >= 15 is 0 Å². The van der Waals surface area contributed by atoms with E-state index in [-0.39, 0.29) is 60.2 Å². The zero-order valence-corrected chi connectivity index (χ0v) is 23.2. The molecule has 1 N–H and O–H groups in total. The van der Waals surface area contributed by atoms with E-state index in [1.807, 2.05) is 4.90 Å². The maximum Gasteiger partial charge on any atom is 0.433 e. The summed E-state index contributed by atoms with van der Waals surface area (Å²) in [6, 6.07) is 6.68. The molecule has 7 nitrogen and oxygen atoms in total.